The van der Waals surface area contributed by atoms with Crippen LogP contribution in [0.3, 0.4) is 0 Å². The van der Waals surface area contributed by atoms with Gasteiger partial charge in [-0.2, -0.15) is 0 Å². The molecule has 2 atom stereocenters. The van der Waals surface area contributed by atoms with Crippen LogP contribution < -0.4 is 0 Å². The summed E-state index contributed by atoms with van der Waals surface area (Å²) in [6.07, 6.45) is 2.13. The zero-order chi connectivity index (χ0) is 13.8. The summed E-state index contributed by atoms with van der Waals surface area (Å²) < 4.78 is 5.23. The molecule has 1 aromatic heterocycles. The maximum atomic E-state index is 12.1. The van der Waals surface area contributed by atoms with Crippen LogP contribution in [0.4, 0.5) is 0 Å². The van der Waals surface area contributed by atoms with Gasteiger partial charge < -0.3 is 14.4 Å². The first-order valence-corrected chi connectivity index (χ1v) is 6.73. The Hall–Kier alpha value is -1.33. The second-order valence-electron chi connectivity index (χ2n) is 5.40. The summed E-state index contributed by atoms with van der Waals surface area (Å²) >= 11 is 0. The lowest BCUT2D eigenvalue weighted by Gasteiger charge is -2.34. The average molecular weight is 266 g/mol. The topological polar surface area (TPSA) is 56.9 Å². The van der Waals surface area contributed by atoms with Gasteiger partial charge in [0.2, 0.25) is 5.91 Å². The van der Waals surface area contributed by atoms with Gasteiger partial charge in [-0.1, -0.05) is 6.92 Å². The molecule has 2 unspecified atom stereocenters. The van der Waals surface area contributed by atoms with Gasteiger partial charge in [0.25, 0.3) is 0 Å². The summed E-state index contributed by atoms with van der Waals surface area (Å²) in [4.78, 5) is 15.9. The van der Waals surface area contributed by atoms with Crippen molar-refractivity contribution in [1.82, 2.24) is 9.80 Å². The number of rotatable bonds is 4. The molecule has 106 valence electrons. The average Bonchev–Trinajstić information content (AvgIpc) is 2.86. The molecule has 1 amide bonds. The molecule has 1 aliphatic heterocycles. The Morgan fingerprint density at radius 1 is 1.63 bits per heavy atom. The lowest BCUT2D eigenvalue weighted by atomic mass is 9.97. The first-order valence-electron chi connectivity index (χ1n) is 6.73. The Balaban J connectivity index is 1.80. The number of amides is 1. The fourth-order valence-corrected chi connectivity index (χ4v) is 2.40. The number of furan rings is 1. The summed E-state index contributed by atoms with van der Waals surface area (Å²) in [7, 11) is 1.78. The van der Waals surface area contributed by atoms with Crippen molar-refractivity contribution in [1.29, 1.82) is 0 Å². The normalized spacial score (nSPS) is 24.4. The van der Waals surface area contributed by atoms with Crippen molar-refractivity contribution in [3.8, 4) is 0 Å². The van der Waals surface area contributed by atoms with Gasteiger partial charge in [0.15, 0.2) is 0 Å². The first kappa shape index (κ1) is 14.1. The summed E-state index contributed by atoms with van der Waals surface area (Å²) in [5, 5.41) is 9.68. The van der Waals surface area contributed by atoms with Gasteiger partial charge in [-0.25, -0.2) is 0 Å². The van der Waals surface area contributed by atoms with E-state index in [1.54, 1.807) is 18.2 Å². The SMILES string of the molecule is CC1CN(CC(=O)N(C)Cc2ccco2)CCC1O. The van der Waals surface area contributed by atoms with Crippen LogP contribution in [-0.2, 0) is 11.3 Å². The second-order valence-corrected chi connectivity index (χ2v) is 5.40. The largest absolute Gasteiger partial charge is 0.467 e. The molecule has 1 aromatic rings. The number of hydrogen-bond donors (Lipinski definition) is 1. The quantitative estimate of drug-likeness (QED) is 0.881. The number of likely N-dealkylation sites (N-methyl/N-ethyl adjacent to an activating group) is 1. The highest BCUT2D eigenvalue weighted by Gasteiger charge is 2.26. The van der Waals surface area contributed by atoms with Gasteiger partial charge in [0, 0.05) is 20.1 Å². The molecule has 19 heavy (non-hydrogen) atoms. The number of likely N-dealkylation sites (tertiary alicyclic amines) is 1. The van der Waals surface area contributed by atoms with E-state index in [0.29, 0.717) is 13.1 Å². The Kier molecular flexibility index (Phi) is 4.61. The number of aliphatic hydroxyl groups excluding tert-OH is 1. The van der Waals surface area contributed by atoms with Crippen LogP contribution in [0.15, 0.2) is 22.8 Å². The third-order valence-corrected chi connectivity index (χ3v) is 3.70. The Bertz CT molecular complexity index is 405. The van der Waals surface area contributed by atoms with Gasteiger partial charge in [0.1, 0.15) is 5.76 Å². The van der Waals surface area contributed by atoms with E-state index in [4.69, 9.17) is 4.42 Å². The number of piperidine rings is 1. The summed E-state index contributed by atoms with van der Waals surface area (Å²) in [6, 6.07) is 3.68. The lowest BCUT2D eigenvalue weighted by molar-refractivity contribution is -0.132. The zero-order valence-electron chi connectivity index (χ0n) is 11.6. The van der Waals surface area contributed by atoms with E-state index in [-0.39, 0.29) is 17.9 Å². The molecule has 0 bridgehead atoms. The van der Waals surface area contributed by atoms with Crippen molar-refractivity contribution in [3.05, 3.63) is 24.2 Å². The van der Waals surface area contributed by atoms with Gasteiger partial charge >= 0.3 is 0 Å². The van der Waals surface area contributed by atoms with E-state index in [2.05, 4.69) is 4.90 Å². The highest BCUT2D eigenvalue weighted by atomic mass is 16.3. The predicted octanol–water partition coefficient (Wildman–Crippen LogP) is 0.941. The van der Waals surface area contributed by atoms with Crippen LogP contribution in [0.2, 0.25) is 0 Å². The summed E-state index contributed by atoms with van der Waals surface area (Å²) in [5.74, 6) is 1.11. The first-order chi connectivity index (χ1) is 9.06. The number of nitrogens with zero attached hydrogens (tertiary/aromatic N) is 2. The number of hydrogen-bond acceptors (Lipinski definition) is 4. The fraction of sp³-hybridized carbons (Fsp3) is 0.643. The van der Waals surface area contributed by atoms with E-state index in [0.717, 1.165) is 25.3 Å². The summed E-state index contributed by atoms with van der Waals surface area (Å²) in [6.45, 7) is 4.49. The lowest BCUT2D eigenvalue weighted by Crippen LogP contribution is -2.46. The van der Waals surface area contributed by atoms with Crippen molar-refractivity contribution >= 4 is 5.91 Å². The van der Waals surface area contributed by atoms with E-state index in [9.17, 15) is 9.90 Å². The maximum absolute atomic E-state index is 12.1. The molecule has 0 spiro atoms. The molecule has 1 fully saturated rings. The monoisotopic (exact) mass is 266 g/mol. The number of carbonyl (C=O) groups excluding carboxylic acids is 1. The molecule has 2 rings (SSSR count). The highest BCUT2D eigenvalue weighted by Crippen LogP contribution is 2.16. The molecule has 0 aromatic carbocycles. The van der Waals surface area contributed by atoms with Gasteiger partial charge in [-0.15, -0.1) is 0 Å². The number of carbonyl (C=O) groups is 1. The van der Waals surface area contributed by atoms with Crippen molar-refractivity contribution in [2.24, 2.45) is 5.92 Å². The molecule has 0 saturated carbocycles. The van der Waals surface area contributed by atoms with Crippen molar-refractivity contribution < 1.29 is 14.3 Å². The van der Waals surface area contributed by atoms with E-state index < -0.39 is 0 Å². The molecular formula is C14H22N2O3. The van der Waals surface area contributed by atoms with Crippen molar-refractivity contribution in [3.63, 3.8) is 0 Å². The minimum absolute atomic E-state index is 0.0833. The maximum Gasteiger partial charge on any atom is 0.236 e. The van der Waals surface area contributed by atoms with E-state index in [1.807, 2.05) is 19.1 Å². The van der Waals surface area contributed by atoms with Gasteiger partial charge in [-0.05, 0) is 24.5 Å². The summed E-state index contributed by atoms with van der Waals surface area (Å²) in [5.41, 5.74) is 0. The Morgan fingerprint density at radius 2 is 2.42 bits per heavy atom. The molecule has 5 nitrogen and oxygen atoms in total. The predicted molar refractivity (Wildman–Crippen MR) is 71.4 cm³/mol. The van der Waals surface area contributed by atoms with Gasteiger partial charge in [-0.3, -0.25) is 9.69 Å². The van der Waals surface area contributed by atoms with Crippen LogP contribution >= 0.6 is 0 Å². The van der Waals surface area contributed by atoms with Crippen LogP contribution in [0.25, 0.3) is 0 Å². The molecule has 0 aliphatic carbocycles. The molecule has 0 radical (unpaired) electrons. The standard InChI is InChI=1S/C14H22N2O3/c1-11-8-16(6-5-13(11)17)10-14(18)15(2)9-12-4-3-7-19-12/h3-4,7,11,13,17H,5-6,8-10H2,1-2H3. The Morgan fingerprint density at radius 3 is 3.05 bits per heavy atom. The minimum atomic E-state index is -0.229. The van der Waals surface area contributed by atoms with Crippen LogP contribution in [0.1, 0.15) is 19.1 Å². The molecule has 1 saturated heterocycles. The fourth-order valence-electron chi connectivity index (χ4n) is 2.40. The molecular weight excluding hydrogens is 244 g/mol. The van der Waals surface area contributed by atoms with Crippen LogP contribution in [0.5, 0.6) is 0 Å². The third kappa shape index (κ3) is 3.81. The molecule has 2 heterocycles. The van der Waals surface area contributed by atoms with Crippen LogP contribution in [0, 0.1) is 5.92 Å². The van der Waals surface area contributed by atoms with Crippen molar-refractivity contribution in [2.45, 2.75) is 26.0 Å². The highest BCUT2D eigenvalue weighted by molar-refractivity contribution is 5.77. The smallest absolute Gasteiger partial charge is 0.236 e. The van der Waals surface area contributed by atoms with Crippen molar-refractivity contribution in [2.75, 3.05) is 26.7 Å². The minimum Gasteiger partial charge on any atom is -0.467 e. The molecule has 1 aliphatic rings. The third-order valence-electron chi connectivity index (χ3n) is 3.70. The van der Waals surface area contributed by atoms with Gasteiger partial charge in [0.05, 0.1) is 25.5 Å². The number of aliphatic hydroxyl groups is 1. The van der Waals surface area contributed by atoms with E-state index >= 15 is 0 Å². The Labute approximate surface area is 113 Å². The van der Waals surface area contributed by atoms with Crippen LogP contribution in [-0.4, -0.2) is 53.6 Å². The second kappa shape index (κ2) is 6.21. The zero-order valence-corrected chi connectivity index (χ0v) is 11.6. The molecule has 1 N–H and O–H groups in total. The van der Waals surface area contributed by atoms with E-state index in [1.165, 1.54) is 0 Å². The molecule has 5 heteroatoms.